The van der Waals surface area contributed by atoms with E-state index in [9.17, 15) is 4.39 Å². The second-order valence-electron chi connectivity index (χ2n) is 1.93. The van der Waals surface area contributed by atoms with Crippen molar-refractivity contribution in [2.75, 3.05) is 7.11 Å². The van der Waals surface area contributed by atoms with Crippen molar-refractivity contribution >= 4 is 11.6 Å². The molecule has 1 aromatic rings. The third kappa shape index (κ3) is 1.46. The van der Waals surface area contributed by atoms with Gasteiger partial charge in [-0.2, -0.15) is 10.2 Å². The summed E-state index contributed by atoms with van der Waals surface area (Å²) < 4.78 is 17.4. The maximum absolute atomic E-state index is 12.7. The quantitative estimate of drug-likeness (QED) is 0.628. The van der Waals surface area contributed by atoms with Crippen molar-refractivity contribution in [2.45, 2.75) is 0 Å². The zero-order chi connectivity index (χ0) is 9.14. The number of aromatic nitrogens is 1. The Hall–Kier alpha value is -1.34. The lowest BCUT2D eigenvalue weighted by Crippen LogP contribution is -1.94. The fraction of sp³-hybridized carbons (Fsp3) is 0.143. The van der Waals surface area contributed by atoms with E-state index in [1.165, 1.54) is 7.11 Å². The molecule has 0 spiro atoms. The highest BCUT2D eigenvalue weighted by molar-refractivity contribution is 6.29. The van der Waals surface area contributed by atoms with E-state index in [2.05, 4.69) is 9.72 Å². The number of rotatable bonds is 1. The monoisotopic (exact) mass is 186 g/mol. The standard InChI is InChI=1S/C7H4ClFN2O/c1-12-7-4(3-10)2-5(9)6(8)11-7/h2H,1H3. The van der Waals surface area contributed by atoms with Crippen LogP contribution in [0.5, 0.6) is 5.88 Å². The molecule has 1 heterocycles. The minimum absolute atomic E-state index is 0.0272. The molecule has 3 nitrogen and oxygen atoms in total. The molecule has 0 aromatic carbocycles. The van der Waals surface area contributed by atoms with Crippen LogP contribution in [-0.4, -0.2) is 12.1 Å². The molecule has 0 N–H and O–H groups in total. The Labute approximate surface area is 73.4 Å². The van der Waals surface area contributed by atoms with Crippen LogP contribution in [0.15, 0.2) is 6.07 Å². The van der Waals surface area contributed by atoms with Gasteiger partial charge in [0.15, 0.2) is 11.0 Å². The highest BCUT2D eigenvalue weighted by Gasteiger charge is 2.09. The summed E-state index contributed by atoms with van der Waals surface area (Å²) in [6.45, 7) is 0. The molecule has 0 amide bonds. The van der Waals surface area contributed by atoms with Crippen molar-refractivity contribution in [1.29, 1.82) is 5.26 Å². The van der Waals surface area contributed by atoms with E-state index in [1.54, 1.807) is 6.07 Å². The predicted molar refractivity (Wildman–Crippen MR) is 40.5 cm³/mol. The van der Waals surface area contributed by atoms with Crippen molar-refractivity contribution < 1.29 is 9.13 Å². The summed E-state index contributed by atoms with van der Waals surface area (Å²) in [5.74, 6) is -0.696. The third-order valence-electron chi connectivity index (χ3n) is 1.21. The Morgan fingerprint density at radius 1 is 1.75 bits per heavy atom. The molecule has 0 saturated heterocycles. The van der Waals surface area contributed by atoms with Gasteiger partial charge in [0.2, 0.25) is 5.88 Å². The van der Waals surface area contributed by atoms with Crippen LogP contribution in [0.1, 0.15) is 5.56 Å². The molecule has 1 aromatic heterocycles. The number of pyridine rings is 1. The number of ether oxygens (including phenoxy) is 1. The molecule has 1 rings (SSSR count). The molecule has 0 aliphatic heterocycles. The topological polar surface area (TPSA) is 45.9 Å². The minimum atomic E-state index is -0.728. The SMILES string of the molecule is COc1nc(Cl)c(F)cc1C#N. The summed E-state index contributed by atoms with van der Waals surface area (Å²) in [5, 5.41) is 8.18. The van der Waals surface area contributed by atoms with Crippen molar-refractivity contribution in [3.8, 4) is 11.9 Å². The largest absolute Gasteiger partial charge is 0.480 e. The zero-order valence-corrected chi connectivity index (χ0v) is 6.89. The number of methoxy groups -OCH3 is 1. The Morgan fingerprint density at radius 2 is 2.42 bits per heavy atom. The first kappa shape index (κ1) is 8.75. The second kappa shape index (κ2) is 3.37. The molecular formula is C7H4ClFN2O. The normalized spacial score (nSPS) is 9.17. The maximum atomic E-state index is 12.7. The summed E-state index contributed by atoms with van der Waals surface area (Å²) in [6.07, 6.45) is 0. The fourth-order valence-electron chi connectivity index (χ4n) is 0.686. The highest BCUT2D eigenvalue weighted by Crippen LogP contribution is 2.20. The molecule has 0 aliphatic rings. The molecule has 0 unspecified atom stereocenters. The van der Waals surface area contributed by atoms with E-state index in [0.717, 1.165) is 6.07 Å². The van der Waals surface area contributed by atoms with Crippen molar-refractivity contribution in [1.82, 2.24) is 4.98 Å². The molecule has 0 radical (unpaired) electrons. The molecule has 0 atom stereocenters. The van der Waals surface area contributed by atoms with Crippen LogP contribution in [0.2, 0.25) is 5.15 Å². The van der Waals surface area contributed by atoms with Crippen LogP contribution in [-0.2, 0) is 0 Å². The van der Waals surface area contributed by atoms with E-state index in [1.807, 2.05) is 0 Å². The van der Waals surface area contributed by atoms with Crippen LogP contribution >= 0.6 is 11.6 Å². The first-order valence-electron chi connectivity index (χ1n) is 2.99. The van der Waals surface area contributed by atoms with Gasteiger partial charge in [0.05, 0.1) is 7.11 Å². The molecule has 5 heteroatoms. The lowest BCUT2D eigenvalue weighted by molar-refractivity contribution is 0.394. The first-order valence-corrected chi connectivity index (χ1v) is 3.37. The molecule has 0 aliphatic carbocycles. The summed E-state index contributed by atoms with van der Waals surface area (Å²) in [6, 6.07) is 2.71. The van der Waals surface area contributed by atoms with E-state index >= 15 is 0 Å². The van der Waals surface area contributed by atoms with Gasteiger partial charge >= 0.3 is 0 Å². The number of nitriles is 1. The van der Waals surface area contributed by atoms with E-state index in [-0.39, 0.29) is 16.6 Å². The maximum Gasteiger partial charge on any atom is 0.233 e. The van der Waals surface area contributed by atoms with Gasteiger partial charge in [-0.05, 0) is 0 Å². The highest BCUT2D eigenvalue weighted by atomic mass is 35.5. The Kier molecular flexibility index (Phi) is 2.46. The van der Waals surface area contributed by atoms with E-state index in [0.29, 0.717) is 0 Å². The van der Waals surface area contributed by atoms with Crippen LogP contribution in [0.4, 0.5) is 4.39 Å². The van der Waals surface area contributed by atoms with Gasteiger partial charge in [-0.25, -0.2) is 4.39 Å². The van der Waals surface area contributed by atoms with E-state index in [4.69, 9.17) is 16.9 Å². The smallest absolute Gasteiger partial charge is 0.233 e. The summed E-state index contributed by atoms with van der Waals surface area (Å²) >= 11 is 5.35. The number of hydrogen-bond donors (Lipinski definition) is 0. The predicted octanol–water partition coefficient (Wildman–Crippen LogP) is 1.75. The van der Waals surface area contributed by atoms with Gasteiger partial charge in [-0.15, -0.1) is 0 Å². The molecule has 0 bridgehead atoms. The average molecular weight is 187 g/mol. The Balaban J connectivity index is 3.31. The van der Waals surface area contributed by atoms with Gasteiger partial charge in [-0.1, -0.05) is 11.6 Å². The van der Waals surface area contributed by atoms with Crippen LogP contribution in [0, 0.1) is 17.1 Å². The van der Waals surface area contributed by atoms with Gasteiger partial charge < -0.3 is 4.74 Å². The van der Waals surface area contributed by atoms with Gasteiger partial charge in [0.25, 0.3) is 0 Å². The van der Waals surface area contributed by atoms with Gasteiger partial charge in [-0.3, -0.25) is 0 Å². The van der Waals surface area contributed by atoms with Crippen LogP contribution in [0.3, 0.4) is 0 Å². The Bertz CT molecular complexity index is 348. The molecule has 0 saturated carbocycles. The fourth-order valence-corrected chi connectivity index (χ4v) is 0.818. The van der Waals surface area contributed by atoms with Gasteiger partial charge in [0.1, 0.15) is 11.6 Å². The summed E-state index contributed by atoms with van der Waals surface area (Å²) in [4.78, 5) is 3.51. The van der Waals surface area contributed by atoms with Crippen molar-refractivity contribution in [3.05, 3.63) is 22.6 Å². The number of halogens is 2. The molecular weight excluding hydrogens is 183 g/mol. The summed E-state index contributed by atoms with van der Waals surface area (Å²) in [5.41, 5.74) is 0.0272. The molecule has 62 valence electrons. The summed E-state index contributed by atoms with van der Waals surface area (Å²) in [7, 11) is 1.33. The van der Waals surface area contributed by atoms with Crippen LogP contribution in [0.25, 0.3) is 0 Å². The lowest BCUT2D eigenvalue weighted by Gasteiger charge is -2.01. The van der Waals surface area contributed by atoms with E-state index < -0.39 is 5.82 Å². The number of nitrogens with zero attached hydrogens (tertiary/aromatic N) is 2. The number of hydrogen-bond acceptors (Lipinski definition) is 3. The minimum Gasteiger partial charge on any atom is -0.480 e. The molecule has 12 heavy (non-hydrogen) atoms. The average Bonchev–Trinajstić information content (AvgIpc) is 2.09. The van der Waals surface area contributed by atoms with Crippen molar-refractivity contribution in [3.63, 3.8) is 0 Å². The third-order valence-corrected chi connectivity index (χ3v) is 1.48. The second-order valence-corrected chi connectivity index (χ2v) is 2.29. The lowest BCUT2D eigenvalue weighted by atomic mass is 10.3. The van der Waals surface area contributed by atoms with Crippen molar-refractivity contribution in [2.24, 2.45) is 0 Å². The van der Waals surface area contributed by atoms with Gasteiger partial charge in [0, 0.05) is 6.07 Å². The zero-order valence-electron chi connectivity index (χ0n) is 6.14. The van der Waals surface area contributed by atoms with Crippen LogP contribution < -0.4 is 4.74 Å². The Morgan fingerprint density at radius 3 is 2.92 bits per heavy atom. The molecule has 0 fully saturated rings. The first-order chi connectivity index (χ1) is 5.69.